The van der Waals surface area contributed by atoms with E-state index >= 15 is 0 Å². The van der Waals surface area contributed by atoms with Crippen molar-refractivity contribution in [1.82, 2.24) is 9.80 Å². The lowest BCUT2D eigenvalue weighted by Crippen LogP contribution is -2.45. The van der Waals surface area contributed by atoms with Gasteiger partial charge in [-0.3, -0.25) is 14.4 Å². The third-order valence-corrected chi connectivity index (χ3v) is 4.39. The van der Waals surface area contributed by atoms with Crippen LogP contribution in [0.4, 0.5) is 0 Å². The first-order valence-corrected chi connectivity index (χ1v) is 7.30. The van der Waals surface area contributed by atoms with Gasteiger partial charge in [0, 0.05) is 25.6 Å². The fourth-order valence-electron chi connectivity index (χ4n) is 3.08. The highest BCUT2D eigenvalue weighted by Crippen LogP contribution is 2.24. The van der Waals surface area contributed by atoms with Crippen LogP contribution in [0.25, 0.3) is 0 Å². The molecule has 6 heteroatoms. The number of carbonyl (C=O) groups is 3. The highest BCUT2D eigenvalue weighted by atomic mass is 16.4. The molecule has 2 aliphatic heterocycles. The van der Waals surface area contributed by atoms with Crippen molar-refractivity contribution < 1.29 is 19.5 Å². The summed E-state index contributed by atoms with van der Waals surface area (Å²) in [5.41, 5.74) is 0. The monoisotopic (exact) mass is 282 g/mol. The van der Waals surface area contributed by atoms with Crippen LogP contribution in [0.3, 0.4) is 0 Å². The van der Waals surface area contributed by atoms with Gasteiger partial charge in [-0.25, -0.2) is 0 Å². The summed E-state index contributed by atoms with van der Waals surface area (Å²) in [4.78, 5) is 38.5. The van der Waals surface area contributed by atoms with Crippen molar-refractivity contribution >= 4 is 17.8 Å². The highest BCUT2D eigenvalue weighted by molar-refractivity contribution is 5.86. The first-order valence-electron chi connectivity index (χ1n) is 7.30. The van der Waals surface area contributed by atoms with E-state index in [9.17, 15) is 14.4 Å². The van der Waals surface area contributed by atoms with Crippen LogP contribution in [-0.2, 0) is 14.4 Å². The number of hydrogen-bond donors (Lipinski definition) is 1. The zero-order chi connectivity index (χ0) is 14.7. The molecule has 0 aromatic rings. The molecule has 1 N–H and O–H groups in total. The Hall–Kier alpha value is -1.59. The zero-order valence-electron chi connectivity index (χ0n) is 11.9. The van der Waals surface area contributed by atoms with Crippen LogP contribution >= 0.6 is 0 Å². The van der Waals surface area contributed by atoms with Crippen LogP contribution < -0.4 is 0 Å². The van der Waals surface area contributed by atoms with Crippen LogP contribution in [0.2, 0.25) is 0 Å². The van der Waals surface area contributed by atoms with E-state index < -0.39 is 11.9 Å². The standard InChI is InChI=1S/C14H22N2O4/c1-10-11(14(19)20)6-8-16(10)13(18)9-15-7-4-2-3-5-12(15)17/h10-11H,2-9H2,1H3,(H,19,20). The van der Waals surface area contributed by atoms with Gasteiger partial charge in [0.2, 0.25) is 11.8 Å². The van der Waals surface area contributed by atoms with E-state index in [1.165, 1.54) is 0 Å². The lowest BCUT2D eigenvalue weighted by atomic mass is 10.0. The number of nitrogens with zero attached hydrogens (tertiary/aromatic N) is 2. The molecule has 0 bridgehead atoms. The molecule has 2 fully saturated rings. The Labute approximate surface area is 118 Å². The average molecular weight is 282 g/mol. The Morgan fingerprint density at radius 1 is 1.25 bits per heavy atom. The van der Waals surface area contributed by atoms with Crippen LogP contribution in [0.1, 0.15) is 39.0 Å². The topological polar surface area (TPSA) is 77.9 Å². The van der Waals surface area contributed by atoms with Crippen LogP contribution in [0.5, 0.6) is 0 Å². The molecule has 0 aliphatic carbocycles. The van der Waals surface area contributed by atoms with E-state index in [1.54, 1.807) is 16.7 Å². The number of hydrogen-bond acceptors (Lipinski definition) is 3. The first kappa shape index (κ1) is 14.8. The largest absolute Gasteiger partial charge is 0.481 e. The van der Waals surface area contributed by atoms with Gasteiger partial charge in [-0.15, -0.1) is 0 Å². The Kier molecular flexibility index (Phi) is 4.62. The minimum atomic E-state index is -0.848. The van der Waals surface area contributed by atoms with Crippen LogP contribution in [0.15, 0.2) is 0 Å². The third kappa shape index (κ3) is 3.11. The average Bonchev–Trinajstić information content (AvgIpc) is 2.67. The second-order valence-corrected chi connectivity index (χ2v) is 5.69. The smallest absolute Gasteiger partial charge is 0.308 e. The third-order valence-electron chi connectivity index (χ3n) is 4.39. The van der Waals surface area contributed by atoms with Crippen molar-refractivity contribution in [1.29, 1.82) is 0 Å². The molecule has 20 heavy (non-hydrogen) atoms. The second kappa shape index (κ2) is 6.24. The molecule has 2 heterocycles. The number of amides is 2. The molecule has 2 aliphatic rings. The molecule has 2 unspecified atom stereocenters. The minimum Gasteiger partial charge on any atom is -0.481 e. The summed E-state index contributed by atoms with van der Waals surface area (Å²) < 4.78 is 0. The molecule has 2 saturated heterocycles. The summed E-state index contributed by atoms with van der Waals surface area (Å²) in [6, 6.07) is -0.290. The molecule has 0 radical (unpaired) electrons. The molecule has 0 saturated carbocycles. The van der Waals surface area contributed by atoms with Gasteiger partial charge >= 0.3 is 5.97 Å². The van der Waals surface area contributed by atoms with E-state index in [0.717, 1.165) is 19.3 Å². The summed E-state index contributed by atoms with van der Waals surface area (Å²) >= 11 is 0. The molecule has 0 spiro atoms. The van der Waals surface area contributed by atoms with E-state index in [1.807, 2.05) is 0 Å². The number of likely N-dealkylation sites (tertiary alicyclic amines) is 2. The van der Waals surface area contributed by atoms with E-state index in [2.05, 4.69) is 0 Å². The normalized spacial score (nSPS) is 27.6. The molecule has 2 amide bonds. The maximum absolute atomic E-state index is 12.3. The van der Waals surface area contributed by atoms with Gasteiger partial charge in [0.1, 0.15) is 0 Å². The molecular weight excluding hydrogens is 260 g/mol. The first-order chi connectivity index (χ1) is 9.50. The number of rotatable bonds is 3. The Bertz CT molecular complexity index is 410. The summed E-state index contributed by atoms with van der Waals surface area (Å²) in [6.45, 7) is 2.97. The fraction of sp³-hybridized carbons (Fsp3) is 0.786. The van der Waals surface area contributed by atoms with Gasteiger partial charge in [-0.2, -0.15) is 0 Å². The van der Waals surface area contributed by atoms with Crippen molar-refractivity contribution in [2.45, 2.75) is 45.1 Å². The molecule has 112 valence electrons. The predicted molar refractivity (Wildman–Crippen MR) is 72.0 cm³/mol. The summed E-state index contributed by atoms with van der Waals surface area (Å²) in [5.74, 6) is -1.42. The van der Waals surface area contributed by atoms with E-state index in [0.29, 0.717) is 25.9 Å². The van der Waals surface area contributed by atoms with Crippen LogP contribution in [-0.4, -0.2) is 58.4 Å². The SMILES string of the molecule is CC1C(C(=O)O)CCN1C(=O)CN1CCCCCC1=O. The molecule has 6 nitrogen and oxygen atoms in total. The fourth-order valence-corrected chi connectivity index (χ4v) is 3.08. The molecule has 0 aromatic heterocycles. The predicted octanol–water partition coefficient (Wildman–Crippen LogP) is 0.711. The summed E-state index contributed by atoms with van der Waals surface area (Å²) in [7, 11) is 0. The minimum absolute atomic E-state index is 0.0393. The zero-order valence-corrected chi connectivity index (χ0v) is 11.9. The Morgan fingerprint density at radius 2 is 2.00 bits per heavy atom. The number of carboxylic acids is 1. The van der Waals surface area contributed by atoms with Gasteiger partial charge < -0.3 is 14.9 Å². The second-order valence-electron chi connectivity index (χ2n) is 5.69. The van der Waals surface area contributed by atoms with Gasteiger partial charge in [0.05, 0.1) is 12.5 Å². The lowest BCUT2D eigenvalue weighted by molar-refractivity contribution is -0.144. The van der Waals surface area contributed by atoms with E-state index in [4.69, 9.17) is 5.11 Å². The van der Waals surface area contributed by atoms with Gasteiger partial charge in [0.15, 0.2) is 0 Å². The quantitative estimate of drug-likeness (QED) is 0.827. The molecular formula is C14H22N2O4. The number of carboxylic acid groups (broad SMARTS) is 1. The van der Waals surface area contributed by atoms with Crippen molar-refractivity contribution in [2.75, 3.05) is 19.6 Å². The van der Waals surface area contributed by atoms with Crippen LogP contribution in [0, 0.1) is 5.92 Å². The van der Waals surface area contributed by atoms with Crippen molar-refractivity contribution in [3.8, 4) is 0 Å². The maximum Gasteiger partial charge on any atom is 0.308 e. The van der Waals surface area contributed by atoms with Crippen molar-refractivity contribution in [3.05, 3.63) is 0 Å². The highest BCUT2D eigenvalue weighted by Gasteiger charge is 2.38. The van der Waals surface area contributed by atoms with Gasteiger partial charge in [0.25, 0.3) is 0 Å². The Balaban J connectivity index is 1.94. The maximum atomic E-state index is 12.3. The van der Waals surface area contributed by atoms with Gasteiger partial charge in [-0.1, -0.05) is 6.42 Å². The number of carbonyl (C=O) groups excluding carboxylic acids is 2. The summed E-state index contributed by atoms with van der Waals surface area (Å²) in [5, 5.41) is 9.08. The van der Waals surface area contributed by atoms with Crippen molar-refractivity contribution in [2.24, 2.45) is 5.92 Å². The molecule has 2 rings (SSSR count). The molecule has 2 atom stereocenters. The van der Waals surface area contributed by atoms with Gasteiger partial charge in [-0.05, 0) is 26.2 Å². The lowest BCUT2D eigenvalue weighted by Gasteiger charge is -2.27. The Morgan fingerprint density at radius 3 is 2.65 bits per heavy atom. The number of aliphatic carboxylic acids is 1. The molecule has 0 aromatic carbocycles. The van der Waals surface area contributed by atoms with Crippen molar-refractivity contribution in [3.63, 3.8) is 0 Å². The summed E-state index contributed by atoms with van der Waals surface area (Å²) in [6.07, 6.45) is 3.87. The van der Waals surface area contributed by atoms with E-state index in [-0.39, 0.29) is 24.4 Å².